The molecule has 0 unspecified atom stereocenters. The number of nitrogens with one attached hydrogen (secondary N) is 2. The first-order valence-electron chi connectivity index (χ1n) is 8.18. The van der Waals surface area contributed by atoms with E-state index in [-0.39, 0.29) is 24.0 Å². The molecule has 0 spiro atoms. The SMILES string of the molecule is CCNC(=NCC1(O)CCOCC1)NCCc1cccc(Cl)c1.I. The highest BCUT2D eigenvalue weighted by Gasteiger charge is 2.29. The van der Waals surface area contributed by atoms with Crippen molar-refractivity contribution in [3.8, 4) is 0 Å². The van der Waals surface area contributed by atoms with Gasteiger partial charge in [0, 0.05) is 44.2 Å². The fraction of sp³-hybridized carbons (Fsp3) is 0.588. The van der Waals surface area contributed by atoms with Crippen molar-refractivity contribution >= 4 is 41.5 Å². The number of rotatable bonds is 6. The number of benzene rings is 1. The van der Waals surface area contributed by atoms with Crippen molar-refractivity contribution < 1.29 is 9.84 Å². The highest BCUT2D eigenvalue weighted by molar-refractivity contribution is 14.0. The van der Waals surface area contributed by atoms with Crippen molar-refractivity contribution in [2.45, 2.75) is 31.8 Å². The van der Waals surface area contributed by atoms with Gasteiger partial charge in [-0.05, 0) is 31.0 Å². The van der Waals surface area contributed by atoms with Gasteiger partial charge in [0.15, 0.2) is 5.96 Å². The number of halogens is 2. The van der Waals surface area contributed by atoms with Gasteiger partial charge < -0.3 is 20.5 Å². The number of aliphatic imine (C=N–C) groups is 1. The van der Waals surface area contributed by atoms with Crippen LogP contribution in [0.4, 0.5) is 0 Å². The highest BCUT2D eigenvalue weighted by atomic mass is 127. The van der Waals surface area contributed by atoms with Crippen LogP contribution in [0.2, 0.25) is 5.02 Å². The second-order valence-corrected chi connectivity index (χ2v) is 6.28. The third-order valence-corrected chi connectivity index (χ3v) is 4.13. The summed E-state index contributed by atoms with van der Waals surface area (Å²) in [6.07, 6.45) is 2.14. The van der Waals surface area contributed by atoms with Crippen LogP contribution in [0.1, 0.15) is 25.3 Å². The Hall–Kier alpha value is -0.570. The molecule has 7 heteroatoms. The monoisotopic (exact) mass is 467 g/mol. The summed E-state index contributed by atoms with van der Waals surface area (Å²) < 4.78 is 5.29. The molecule has 1 heterocycles. The third kappa shape index (κ3) is 7.55. The predicted molar refractivity (Wildman–Crippen MR) is 110 cm³/mol. The molecule has 1 saturated heterocycles. The summed E-state index contributed by atoms with van der Waals surface area (Å²) in [4.78, 5) is 4.52. The first-order chi connectivity index (χ1) is 11.1. The van der Waals surface area contributed by atoms with Crippen LogP contribution in [0.3, 0.4) is 0 Å². The molecule has 1 aliphatic heterocycles. The molecule has 0 radical (unpaired) electrons. The third-order valence-electron chi connectivity index (χ3n) is 3.89. The summed E-state index contributed by atoms with van der Waals surface area (Å²) in [5.41, 5.74) is 0.442. The molecule has 1 aromatic carbocycles. The molecule has 1 fully saturated rings. The van der Waals surface area contributed by atoms with Gasteiger partial charge in [0.25, 0.3) is 0 Å². The van der Waals surface area contributed by atoms with Gasteiger partial charge in [-0.2, -0.15) is 0 Å². The standard InChI is InChI=1S/C17H26ClN3O2.HI/c1-2-19-16(21-13-17(22)7-10-23-11-8-17)20-9-6-14-4-3-5-15(18)12-14;/h3-5,12,22H,2,6-11,13H2,1H3,(H2,19,20,21);1H. The van der Waals surface area contributed by atoms with Crippen LogP contribution in [0, 0.1) is 0 Å². The van der Waals surface area contributed by atoms with Crippen LogP contribution in [0.15, 0.2) is 29.3 Å². The van der Waals surface area contributed by atoms with Gasteiger partial charge in [-0.15, -0.1) is 24.0 Å². The van der Waals surface area contributed by atoms with E-state index in [2.05, 4.69) is 21.7 Å². The minimum absolute atomic E-state index is 0. The fourth-order valence-electron chi connectivity index (χ4n) is 2.50. The Balaban J connectivity index is 0.00000288. The Kier molecular flexibility index (Phi) is 9.95. The summed E-state index contributed by atoms with van der Waals surface area (Å²) in [7, 11) is 0. The van der Waals surface area contributed by atoms with Crippen LogP contribution in [-0.4, -0.2) is 49.5 Å². The topological polar surface area (TPSA) is 65.9 Å². The summed E-state index contributed by atoms with van der Waals surface area (Å²) >= 11 is 5.99. The van der Waals surface area contributed by atoms with Crippen LogP contribution < -0.4 is 10.6 Å². The molecule has 0 amide bonds. The molecular formula is C17H27ClIN3O2. The Morgan fingerprint density at radius 1 is 1.33 bits per heavy atom. The van der Waals surface area contributed by atoms with Gasteiger partial charge in [0.2, 0.25) is 0 Å². The molecule has 0 atom stereocenters. The van der Waals surface area contributed by atoms with E-state index >= 15 is 0 Å². The Morgan fingerprint density at radius 2 is 2.08 bits per heavy atom. The Morgan fingerprint density at radius 3 is 2.75 bits per heavy atom. The number of hydrogen-bond acceptors (Lipinski definition) is 3. The van der Waals surface area contributed by atoms with E-state index in [4.69, 9.17) is 16.3 Å². The molecule has 0 aliphatic carbocycles. The number of aliphatic hydroxyl groups is 1. The number of hydrogen-bond donors (Lipinski definition) is 3. The second-order valence-electron chi connectivity index (χ2n) is 5.84. The van der Waals surface area contributed by atoms with Gasteiger partial charge in [-0.1, -0.05) is 23.7 Å². The zero-order valence-electron chi connectivity index (χ0n) is 14.1. The summed E-state index contributed by atoms with van der Waals surface area (Å²) in [6, 6.07) is 7.86. The smallest absolute Gasteiger partial charge is 0.191 e. The lowest BCUT2D eigenvalue weighted by Crippen LogP contribution is -2.43. The highest BCUT2D eigenvalue weighted by Crippen LogP contribution is 2.20. The minimum atomic E-state index is -0.743. The van der Waals surface area contributed by atoms with Crippen molar-refractivity contribution in [3.05, 3.63) is 34.9 Å². The number of ether oxygens (including phenoxy) is 1. The largest absolute Gasteiger partial charge is 0.388 e. The van der Waals surface area contributed by atoms with E-state index in [1.807, 2.05) is 25.1 Å². The normalized spacial score (nSPS) is 17.0. The van der Waals surface area contributed by atoms with Crippen LogP contribution >= 0.6 is 35.6 Å². The van der Waals surface area contributed by atoms with E-state index in [9.17, 15) is 5.11 Å². The first kappa shape index (κ1) is 21.5. The summed E-state index contributed by atoms with van der Waals surface area (Å²) in [5.74, 6) is 0.731. The van der Waals surface area contributed by atoms with Crippen LogP contribution in [0.5, 0.6) is 0 Å². The van der Waals surface area contributed by atoms with Crippen molar-refractivity contribution in [2.75, 3.05) is 32.8 Å². The average molecular weight is 468 g/mol. The predicted octanol–water partition coefficient (Wildman–Crippen LogP) is 2.60. The average Bonchev–Trinajstić information content (AvgIpc) is 2.53. The lowest BCUT2D eigenvalue weighted by molar-refractivity contribution is -0.0565. The van der Waals surface area contributed by atoms with Gasteiger partial charge in [-0.25, -0.2) is 0 Å². The molecule has 0 aromatic heterocycles. The van der Waals surface area contributed by atoms with Crippen molar-refractivity contribution in [1.29, 1.82) is 0 Å². The van der Waals surface area contributed by atoms with E-state index in [0.29, 0.717) is 32.6 Å². The van der Waals surface area contributed by atoms with Gasteiger partial charge >= 0.3 is 0 Å². The maximum Gasteiger partial charge on any atom is 0.191 e. The molecule has 3 N–H and O–H groups in total. The van der Waals surface area contributed by atoms with Crippen molar-refractivity contribution in [2.24, 2.45) is 4.99 Å². The molecule has 24 heavy (non-hydrogen) atoms. The molecule has 0 saturated carbocycles. The molecule has 136 valence electrons. The van der Waals surface area contributed by atoms with E-state index in [1.54, 1.807) is 0 Å². The lowest BCUT2D eigenvalue weighted by Gasteiger charge is -2.30. The van der Waals surface area contributed by atoms with Crippen molar-refractivity contribution in [3.63, 3.8) is 0 Å². The van der Waals surface area contributed by atoms with E-state index in [0.717, 1.165) is 30.5 Å². The maximum atomic E-state index is 10.5. The summed E-state index contributed by atoms with van der Waals surface area (Å²) in [5, 5.41) is 17.7. The lowest BCUT2D eigenvalue weighted by atomic mass is 9.95. The van der Waals surface area contributed by atoms with Gasteiger partial charge in [0.05, 0.1) is 12.1 Å². The zero-order chi connectivity index (χ0) is 16.5. The summed E-state index contributed by atoms with van der Waals surface area (Å²) in [6.45, 7) is 5.16. The molecule has 2 rings (SSSR count). The Labute approximate surface area is 166 Å². The van der Waals surface area contributed by atoms with Crippen LogP contribution in [0.25, 0.3) is 0 Å². The quantitative estimate of drug-likeness (QED) is 0.342. The molecule has 1 aliphatic rings. The van der Waals surface area contributed by atoms with E-state index < -0.39 is 5.60 Å². The number of guanidine groups is 1. The Bertz CT molecular complexity index is 522. The molecule has 1 aromatic rings. The van der Waals surface area contributed by atoms with Gasteiger partial charge in [0.1, 0.15) is 0 Å². The van der Waals surface area contributed by atoms with E-state index in [1.165, 1.54) is 5.56 Å². The maximum absolute atomic E-state index is 10.5. The molecule has 0 bridgehead atoms. The first-order valence-corrected chi connectivity index (χ1v) is 8.56. The number of nitrogens with zero attached hydrogens (tertiary/aromatic N) is 1. The van der Waals surface area contributed by atoms with Crippen LogP contribution in [-0.2, 0) is 11.2 Å². The minimum Gasteiger partial charge on any atom is -0.388 e. The van der Waals surface area contributed by atoms with Gasteiger partial charge in [-0.3, -0.25) is 4.99 Å². The zero-order valence-corrected chi connectivity index (χ0v) is 17.1. The fourth-order valence-corrected chi connectivity index (χ4v) is 2.71. The molecule has 5 nitrogen and oxygen atoms in total. The second kappa shape index (κ2) is 11.1. The van der Waals surface area contributed by atoms with Crippen molar-refractivity contribution in [1.82, 2.24) is 10.6 Å². The molecular weight excluding hydrogens is 441 g/mol.